The zero-order valence-electron chi connectivity index (χ0n) is 14.9. The molecule has 1 aromatic rings. The van der Waals surface area contributed by atoms with Gasteiger partial charge in [-0.2, -0.15) is 0 Å². The van der Waals surface area contributed by atoms with Crippen LogP contribution in [0.4, 0.5) is 5.69 Å². The molecule has 0 saturated carbocycles. The number of carbonyl (C=O) groups is 2. The Morgan fingerprint density at radius 1 is 1.17 bits per heavy atom. The molecule has 0 saturated heterocycles. The Morgan fingerprint density at radius 3 is 2.39 bits per heavy atom. The highest BCUT2D eigenvalue weighted by Crippen LogP contribution is 2.30. The maximum atomic E-state index is 12.2. The lowest BCUT2D eigenvalue weighted by Crippen LogP contribution is -2.20. The Labute approximate surface area is 138 Å². The lowest BCUT2D eigenvalue weighted by molar-refractivity contribution is -0.141. The van der Waals surface area contributed by atoms with Gasteiger partial charge < -0.3 is 14.8 Å². The molecule has 1 N–H and O–H groups in total. The molecule has 0 aliphatic heterocycles. The Kier molecular flexibility index (Phi) is 6.61. The molecule has 0 spiro atoms. The topological polar surface area (TPSA) is 64.6 Å². The molecule has 0 atom stereocenters. The molecule has 1 aromatic carbocycles. The summed E-state index contributed by atoms with van der Waals surface area (Å²) < 4.78 is 10.2. The largest absolute Gasteiger partial charge is 0.493 e. The van der Waals surface area contributed by atoms with Crippen LogP contribution < -0.4 is 10.1 Å². The van der Waals surface area contributed by atoms with E-state index in [1.807, 2.05) is 46.8 Å². The first-order chi connectivity index (χ1) is 10.6. The number of rotatable bonds is 6. The number of methoxy groups -OCH3 is 1. The number of hydrogen-bond donors (Lipinski definition) is 1. The first-order valence-electron chi connectivity index (χ1n) is 7.73. The zero-order valence-corrected chi connectivity index (χ0v) is 14.9. The van der Waals surface area contributed by atoms with Gasteiger partial charge in [0.05, 0.1) is 25.8 Å². The third-order valence-corrected chi connectivity index (χ3v) is 3.37. The van der Waals surface area contributed by atoms with Gasteiger partial charge in [-0.25, -0.2) is 0 Å². The predicted molar refractivity (Wildman–Crippen MR) is 90.7 cm³/mol. The number of anilines is 1. The van der Waals surface area contributed by atoms with Crippen LogP contribution in [0.25, 0.3) is 0 Å². The number of esters is 1. The number of carbonyl (C=O) groups excluding carboxylic acids is 2. The highest BCUT2D eigenvalue weighted by molar-refractivity contribution is 5.93. The van der Waals surface area contributed by atoms with E-state index in [1.54, 1.807) is 0 Å². The minimum atomic E-state index is -0.312. The number of nitrogens with one attached hydrogen (secondary N) is 1. The van der Waals surface area contributed by atoms with E-state index in [4.69, 9.17) is 4.74 Å². The third kappa shape index (κ3) is 6.30. The van der Waals surface area contributed by atoms with Gasteiger partial charge in [0.25, 0.3) is 0 Å². The van der Waals surface area contributed by atoms with Gasteiger partial charge >= 0.3 is 5.97 Å². The molecular weight excluding hydrogens is 294 g/mol. The monoisotopic (exact) mass is 321 g/mol. The Morgan fingerprint density at radius 2 is 1.83 bits per heavy atom. The third-order valence-electron chi connectivity index (χ3n) is 3.37. The average Bonchev–Trinajstić information content (AvgIpc) is 2.43. The van der Waals surface area contributed by atoms with Crippen molar-refractivity contribution in [1.29, 1.82) is 0 Å². The molecule has 1 rings (SSSR count). The second-order valence-corrected chi connectivity index (χ2v) is 6.84. The van der Waals surface area contributed by atoms with Crippen LogP contribution >= 0.6 is 0 Å². The van der Waals surface area contributed by atoms with Crippen molar-refractivity contribution >= 4 is 17.6 Å². The van der Waals surface area contributed by atoms with E-state index in [9.17, 15) is 9.59 Å². The minimum absolute atomic E-state index is 0.0181. The molecule has 0 aliphatic rings. The van der Waals surface area contributed by atoms with Gasteiger partial charge in [0.1, 0.15) is 5.75 Å². The summed E-state index contributed by atoms with van der Waals surface area (Å²) in [5, 5.41) is 2.98. The molecular formula is C18H27NO4. The van der Waals surface area contributed by atoms with E-state index < -0.39 is 0 Å². The molecule has 128 valence electrons. The van der Waals surface area contributed by atoms with E-state index in [0.717, 1.165) is 16.8 Å². The molecule has 0 bridgehead atoms. The summed E-state index contributed by atoms with van der Waals surface area (Å²) in [6.45, 7) is 10.2. The molecule has 0 aromatic heterocycles. The summed E-state index contributed by atoms with van der Waals surface area (Å²) in [6, 6.07) is 3.74. The van der Waals surface area contributed by atoms with Gasteiger partial charge in [0.15, 0.2) is 0 Å². The quantitative estimate of drug-likeness (QED) is 0.813. The van der Waals surface area contributed by atoms with E-state index in [1.165, 1.54) is 7.11 Å². The molecule has 5 nitrogen and oxygen atoms in total. The van der Waals surface area contributed by atoms with Crippen LogP contribution in [-0.2, 0) is 14.3 Å². The van der Waals surface area contributed by atoms with E-state index >= 15 is 0 Å². The van der Waals surface area contributed by atoms with Gasteiger partial charge in [-0.3, -0.25) is 9.59 Å². The summed E-state index contributed by atoms with van der Waals surface area (Å²) in [4.78, 5) is 23.3. The smallest absolute Gasteiger partial charge is 0.308 e. The van der Waals surface area contributed by atoms with Gasteiger partial charge in [-0.05, 0) is 30.9 Å². The lowest BCUT2D eigenvalue weighted by Gasteiger charge is -2.20. The van der Waals surface area contributed by atoms with Crippen molar-refractivity contribution in [3.05, 3.63) is 23.3 Å². The normalized spacial score (nSPS) is 11.0. The molecule has 0 heterocycles. The average molecular weight is 321 g/mol. The van der Waals surface area contributed by atoms with Gasteiger partial charge in [-0.15, -0.1) is 0 Å². The summed E-state index contributed by atoms with van der Waals surface area (Å²) in [6.07, 6.45) is 0.634. The Bertz CT molecular complexity index is 573. The lowest BCUT2D eigenvalue weighted by atomic mass is 9.92. The van der Waals surface area contributed by atoms with Crippen LogP contribution in [0.3, 0.4) is 0 Å². The van der Waals surface area contributed by atoms with Crippen molar-refractivity contribution in [1.82, 2.24) is 0 Å². The second-order valence-electron chi connectivity index (χ2n) is 6.84. The number of benzene rings is 1. The van der Waals surface area contributed by atoms with Gasteiger partial charge in [0.2, 0.25) is 5.91 Å². The van der Waals surface area contributed by atoms with Crippen LogP contribution in [0.15, 0.2) is 12.1 Å². The standard InChI is InChI=1S/C18H27NO4/c1-12-7-8-14(23-10-9-16(21)22-6)13(2)17(12)19-15(20)11-18(3,4)5/h7-8H,9-11H2,1-6H3,(H,19,20). The first kappa shape index (κ1) is 19.0. The Hall–Kier alpha value is -2.04. The highest BCUT2D eigenvalue weighted by Gasteiger charge is 2.18. The summed E-state index contributed by atoms with van der Waals surface area (Å²) in [7, 11) is 1.35. The van der Waals surface area contributed by atoms with Crippen LogP contribution in [0.2, 0.25) is 0 Å². The number of ether oxygens (including phenoxy) is 2. The van der Waals surface area contributed by atoms with Crippen molar-refractivity contribution in [2.75, 3.05) is 19.0 Å². The van der Waals surface area contributed by atoms with E-state index in [2.05, 4.69) is 10.1 Å². The van der Waals surface area contributed by atoms with Gasteiger partial charge in [0, 0.05) is 12.0 Å². The molecule has 5 heteroatoms. The minimum Gasteiger partial charge on any atom is -0.493 e. The highest BCUT2D eigenvalue weighted by atomic mass is 16.5. The molecule has 0 radical (unpaired) electrons. The second kappa shape index (κ2) is 7.99. The SMILES string of the molecule is COC(=O)CCOc1ccc(C)c(NC(=O)CC(C)(C)C)c1C. The fraction of sp³-hybridized carbons (Fsp3) is 0.556. The predicted octanol–water partition coefficient (Wildman–Crippen LogP) is 3.62. The maximum absolute atomic E-state index is 12.2. The van der Waals surface area contributed by atoms with Crippen LogP contribution in [-0.4, -0.2) is 25.6 Å². The van der Waals surface area contributed by atoms with Crippen LogP contribution in [0.5, 0.6) is 5.75 Å². The molecule has 0 aliphatic carbocycles. The zero-order chi connectivity index (χ0) is 17.6. The number of aryl methyl sites for hydroxylation is 1. The van der Waals surface area contributed by atoms with Crippen molar-refractivity contribution in [2.24, 2.45) is 5.41 Å². The fourth-order valence-corrected chi connectivity index (χ4v) is 2.19. The summed E-state index contributed by atoms with van der Waals surface area (Å²) >= 11 is 0. The molecule has 0 unspecified atom stereocenters. The Balaban J connectivity index is 2.82. The van der Waals surface area contributed by atoms with Crippen molar-refractivity contribution in [2.45, 2.75) is 47.5 Å². The van der Waals surface area contributed by atoms with E-state index in [0.29, 0.717) is 12.2 Å². The van der Waals surface area contributed by atoms with Crippen molar-refractivity contribution in [3.8, 4) is 5.75 Å². The summed E-state index contributed by atoms with van der Waals surface area (Å²) in [5.41, 5.74) is 2.54. The van der Waals surface area contributed by atoms with Crippen LogP contribution in [0, 0.1) is 19.3 Å². The molecule has 0 fully saturated rings. The first-order valence-corrected chi connectivity index (χ1v) is 7.73. The van der Waals surface area contributed by atoms with E-state index in [-0.39, 0.29) is 30.3 Å². The number of amides is 1. The number of hydrogen-bond acceptors (Lipinski definition) is 4. The summed E-state index contributed by atoms with van der Waals surface area (Å²) in [5.74, 6) is 0.328. The molecule has 23 heavy (non-hydrogen) atoms. The van der Waals surface area contributed by atoms with Crippen molar-refractivity contribution in [3.63, 3.8) is 0 Å². The molecule has 1 amide bonds. The van der Waals surface area contributed by atoms with Gasteiger partial charge in [-0.1, -0.05) is 26.8 Å². The fourth-order valence-electron chi connectivity index (χ4n) is 2.19. The maximum Gasteiger partial charge on any atom is 0.308 e. The van der Waals surface area contributed by atoms with Crippen LogP contribution in [0.1, 0.15) is 44.7 Å². The van der Waals surface area contributed by atoms with Crippen molar-refractivity contribution < 1.29 is 19.1 Å².